The van der Waals surface area contributed by atoms with Crippen LogP contribution in [0.3, 0.4) is 0 Å². The smallest absolute Gasteiger partial charge is 0.231 e. The minimum Gasteiger partial charge on any atom is -0.327 e. The van der Waals surface area contributed by atoms with Crippen LogP contribution < -0.4 is 11.1 Å². The third kappa shape index (κ3) is 2.44. The molecule has 3 N–H and O–H groups in total. The molecular formula is C16H23N3O. The van der Waals surface area contributed by atoms with E-state index in [2.05, 4.69) is 10.3 Å². The number of hydrogen-bond donors (Lipinski definition) is 2. The van der Waals surface area contributed by atoms with E-state index in [-0.39, 0.29) is 17.4 Å². The fraction of sp³-hybridized carbons (Fsp3) is 0.625. The Morgan fingerprint density at radius 1 is 1.40 bits per heavy atom. The molecule has 3 atom stereocenters. The molecule has 0 aromatic carbocycles. The molecule has 0 saturated heterocycles. The van der Waals surface area contributed by atoms with E-state index in [1.54, 1.807) is 0 Å². The van der Waals surface area contributed by atoms with Crippen molar-refractivity contribution in [1.82, 2.24) is 4.98 Å². The normalized spacial score (nSPS) is 32.7. The van der Waals surface area contributed by atoms with E-state index >= 15 is 0 Å². The molecule has 2 aliphatic rings. The molecule has 3 rings (SSSR count). The van der Waals surface area contributed by atoms with Gasteiger partial charge in [0.15, 0.2) is 0 Å². The predicted molar refractivity (Wildman–Crippen MR) is 79.2 cm³/mol. The van der Waals surface area contributed by atoms with Gasteiger partial charge in [-0.1, -0.05) is 12.5 Å². The summed E-state index contributed by atoms with van der Waals surface area (Å²) in [6.45, 7) is 1.93. The highest BCUT2D eigenvalue weighted by atomic mass is 16.2. The van der Waals surface area contributed by atoms with Gasteiger partial charge in [0.25, 0.3) is 0 Å². The average molecular weight is 273 g/mol. The maximum atomic E-state index is 12.7. The van der Waals surface area contributed by atoms with Crippen LogP contribution in [0.5, 0.6) is 0 Å². The Morgan fingerprint density at radius 3 is 3.05 bits per heavy atom. The van der Waals surface area contributed by atoms with Gasteiger partial charge in [-0.2, -0.15) is 0 Å². The van der Waals surface area contributed by atoms with Crippen LogP contribution in [0.25, 0.3) is 0 Å². The zero-order chi connectivity index (χ0) is 14.2. The van der Waals surface area contributed by atoms with Gasteiger partial charge in [0, 0.05) is 17.2 Å². The molecule has 2 fully saturated rings. The van der Waals surface area contributed by atoms with Gasteiger partial charge in [-0.05, 0) is 57.1 Å². The molecule has 1 amide bonds. The highest BCUT2D eigenvalue weighted by Gasteiger charge is 2.47. The third-order valence-electron chi connectivity index (χ3n) is 5.06. The van der Waals surface area contributed by atoms with Crippen molar-refractivity contribution in [2.24, 2.45) is 17.1 Å². The highest BCUT2D eigenvalue weighted by molar-refractivity contribution is 5.94. The van der Waals surface area contributed by atoms with Crippen molar-refractivity contribution in [3.05, 3.63) is 23.9 Å². The number of hydrogen-bond acceptors (Lipinski definition) is 3. The Labute approximate surface area is 120 Å². The van der Waals surface area contributed by atoms with E-state index in [1.165, 1.54) is 0 Å². The minimum atomic E-state index is -0.204. The van der Waals surface area contributed by atoms with Crippen molar-refractivity contribution < 1.29 is 4.79 Å². The molecule has 2 aliphatic carbocycles. The van der Waals surface area contributed by atoms with Gasteiger partial charge in [-0.3, -0.25) is 4.79 Å². The van der Waals surface area contributed by atoms with E-state index in [0.29, 0.717) is 11.7 Å². The number of amides is 1. The first-order valence-electron chi connectivity index (χ1n) is 7.60. The van der Waals surface area contributed by atoms with E-state index in [1.807, 2.05) is 25.1 Å². The summed E-state index contributed by atoms with van der Waals surface area (Å²) in [5.74, 6) is 1.34. The van der Waals surface area contributed by atoms with Crippen LogP contribution in [0.2, 0.25) is 0 Å². The number of fused-ring (bicyclic) bond motifs is 2. The van der Waals surface area contributed by atoms with Crippen LogP contribution in [0, 0.1) is 18.3 Å². The second-order valence-corrected chi connectivity index (χ2v) is 6.46. The molecule has 108 valence electrons. The van der Waals surface area contributed by atoms with E-state index in [4.69, 9.17) is 5.73 Å². The number of aromatic nitrogens is 1. The summed E-state index contributed by atoms with van der Waals surface area (Å²) < 4.78 is 0. The fourth-order valence-electron chi connectivity index (χ4n) is 3.85. The van der Waals surface area contributed by atoms with Gasteiger partial charge < -0.3 is 11.1 Å². The van der Waals surface area contributed by atoms with Crippen LogP contribution in [-0.2, 0) is 4.79 Å². The van der Waals surface area contributed by atoms with Crippen molar-refractivity contribution in [2.45, 2.75) is 51.5 Å². The molecule has 20 heavy (non-hydrogen) atoms. The number of anilines is 1. The number of pyridine rings is 1. The number of aryl methyl sites for hydroxylation is 1. The quantitative estimate of drug-likeness (QED) is 0.870. The average Bonchev–Trinajstić information content (AvgIpc) is 2.76. The van der Waals surface area contributed by atoms with Crippen LogP contribution in [-0.4, -0.2) is 16.9 Å². The molecule has 0 spiro atoms. The van der Waals surface area contributed by atoms with Crippen molar-refractivity contribution >= 4 is 11.7 Å². The fourth-order valence-corrected chi connectivity index (χ4v) is 3.85. The lowest BCUT2D eigenvalue weighted by Crippen LogP contribution is -2.34. The lowest BCUT2D eigenvalue weighted by atomic mass is 9.81. The molecule has 0 aliphatic heterocycles. The van der Waals surface area contributed by atoms with E-state index in [0.717, 1.165) is 44.2 Å². The van der Waals surface area contributed by atoms with Gasteiger partial charge in [0.2, 0.25) is 5.91 Å². The first-order chi connectivity index (χ1) is 9.59. The molecule has 1 aromatic heterocycles. The van der Waals surface area contributed by atoms with Crippen LogP contribution in [0.15, 0.2) is 18.2 Å². The lowest BCUT2D eigenvalue weighted by molar-refractivity contribution is -0.125. The molecule has 1 heterocycles. The summed E-state index contributed by atoms with van der Waals surface area (Å²) in [6, 6.07) is 6.00. The summed E-state index contributed by atoms with van der Waals surface area (Å²) in [4.78, 5) is 17.1. The van der Waals surface area contributed by atoms with Gasteiger partial charge >= 0.3 is 0 Å². The van der Waals surface area contributed by atoms with Gasteiger partial charge in [0.05, 0.1) is 0 Å². The standard InChI is InChI=1S/C16H23N3O/c1-11-4-2-6-14(18-11)19-15(20)16-8-3-5-13(17)12(10-16)7-9-16/h2,4,6,12-13H,3,5,7-10,17H2,1H3,(H,18,19,20). The largest absolute Gasteiger partial charge is 0.327 e. The zero-order valence-corrected chi connectivity index (χ0v) is 12.1. The van der Waals surface area contributed by atoms with Crippen molar-refractivity contribution in [2.75, 3.05) is 5.32 Å². The number of carbonyl (C=O) groups is 1. The van der Waals surface area contributed by atoms with Crippen molar-refractivity contribution in [3.63, 3.8) is 0 Å². The Kier molecular flexibility index (Phi) is 3.50. The van der Waals surface area contributed by atoms with Gasteiger partial charge in [-0.25, -0.2) is 4.98 Å². The van der Waals surface area contributed by atoms with Crippen LogP contribution in [0.1, 0.15) is 44.2 Å². The summed E-state index contributed by atoms with van der Waals surface area (Å²) in [7, 11) is 0. The number of nitrogens with zero attached hydrogens (tertiary/aromatic N) is 1. The van der Waals surface area contributed by atoms with Gasteiger partial charge in [-0.15, -0.1) is 0 Å². The topological polar surface area (TPSA) is 68.0 Å². The maximum absolute atomic E-state index is 12.7. The molecular weight excluding hydrogens is 250 g/mol. The second kappa shape index (κ2) is 5.17. The molecule has 2 saturated carbocycles. The van der Waals surface area contributed by atoms with E-state index in [9.17, 15) is 4.79 Å². The first kappa shape index (κ1) is 13.6. The molecule has 1 aromatic rings. The summed E-state index contributed by atoms with van der Waals surface area (Å²) in [5, 5.41) is 3.02. The number of carbonyl (C=O) groups excluding carboxylic acids is 1. The molecule has 2 bridgehead atoms. The molecule has 0 radical (unpaired) electrons. The lowest BCUT2D eigenvalue weighted by Gasteiger charge is -2.26. The molecule has 3 unspecified atom stereocenters. The van der Waals surface area contributed by atoms with Crippen molar-refractivity contribution in [1.29, 1.82) is 0 Å². The number of rotatable bonds is 2. The van der Waals surface area contributed by atoms with Crippen LogP contribution in [0.4, 0.5) is 5.82 Å². The Hall–Kier alpha value is -1.42. The van der Waals surface area contributed by atoms with Crippen molar-refractivity contribution in [3.8, 4) is 0 Å². The summed E-state index contributed by atoms with van der Waals surface area (Å²) in [6.07, 6.45) is 6.11. The Morgan fingerprint density at radius 2 is 2.25 bits per heavy atom. The monoisotopic (exact) mass is 273 g/mol. The Balaban J connectivity index is 1.76. The Bertz CT molecular complexity index is 516. The SMILES string of the molecule is Cc1cccc(NC(=O)C23CCCC(N)C(CC2)C3)n1. The molecule has 4 nitrogen and oxygen atoms in total. The van der Waals surface area contributed by atoms with E-state index < -0.39 is 0 Å². The second-order valence-electron chi connectivity index (χ2n) is 6.46. The predicted octanol–water partition coefficient (Wildman–Crippen LogP) is 2.63. The van der Waals surface area contributed by atoms with Crippen LogP contribution >= 0.6 is 0 Å². The number of nitrogens with one attached hydrogen (secondary N) is 1. The first-order valence-corrected chi connectivity index (χ1v) is 7.60. The zero-order valence-electron chi connectivity index (χ0n) is 12.1. The minimum absolute atomic E-state index is 0.146. The molecule has 4 heteroatoms. The summed E-state index contributed by atoms with van der Waals surface area (Å²) >= 11 is 0. The van der Waals surface area contributed by atoms with Gasteiger partial charge in [0.1, 0.15) is 5.82 Å². The summed E-state index contributed by atoms with van der Waals surface area (Å²) in [5.41, 5.74) is 6.92. The third-order valence-corrected chi connectivity index (χ3v) is 5.06. The highest BCUT2D eigenvalue weighted by Crippen LogP contribution is 2.49. The number of nitrogens with two attached hydrogens (primary N) is 1. The maximum Gasteiger partial charge on any atom is 0.231 e.